The van der Waals surface area contributed by atoms with E-state index in [1.807, 2.05) is 0 Å². The molecule has 254 valence electrons. The fraction of sp³-hybridized carbons (Fsp3) is 0.0588. The molecule has 0 aliphatic carbocycles. The molecule has 0 amide bonds. The minimum absolute atomic E-state index is 1.10. The smallest absolute Gasteiger partial charge is 0.0462 e. The normalized spacial score (nSPS) is 12.1. The lowest BCUT2D eigenvalue weighted by molar-refractivity contribution is 1.28. The second kappa shape index (κ2) is 18.0. The van der Waals surface area contributed by atoms with Gasteiger partial charge in [-0.3, -0.25) is 0 Å². The van der Waals surface area contributed by atoms with Crippen LogP contribution in [-0.4, -0.2) is 0 Å². The van der Waals surface area contributed by atoms with Crippen molar-refractivity contribution in [1.82, 2.24) is 0 Å². The van der Waals surface area contributed by atoms with E-state index in [2.05, 4.69) is 244 Å². The first-order valence-electron chi connectivity index (χ1n) is 17.8. The van der Waals surface area contributed by atoms with Gasteiger partial charge in [-0.2, -0.15) is 0 Å². The Morgan fingerprint density at radius 1 is 0.250 bits per heavy atom. The summed E-state index contributed by atoms with van der Waals surface area (Å²) < 4.78 is 0. The van der Waals surface area contributed by atoms with Crippen molar-refractivity contribution < 1.29 is 0 Å². The highest BCUT2D eigenvalue weighted by Gasteiger charge is 2.12. The molecule has 52 heavy (non-hydrogen) atoms. The van der Waals surface area contributed by atoms with E-state index < -0.39 is 0 Å². The Hall–Kier alpha value is -6.44. The quantitative estimate of drug-likeness (QED) is 0.117. The van der Waals surface area contributed by atoms with Gasteiger partial charge in [-0.05, 0) is 90.6 Å². The summed E-state index contributed by atoms with van der Waals surface area (Å²) >= 11 is 0. The fourth-order valence-corrected chi connectivity index (χ4v) is 5.68. The topological polar surface area (TPSA) is 3.24 Å². The van der Waals surface area contributed by atoms with Gasteiger partial charge in [0.2, 0.25) is 0 Å². The maximum atomic E-state index is 2.31. The van der Waals surface area contributed by atoms with Gasteiger partial charge in [-0.25, -0.2) is 0 Å². The fourth-order valence-electron chi connectivity index (χ4n) is 5.68. The Labute approximate surface area is 310 Å². The van der Waals surface area contributed by atoms with Crippen LogP contribution in [0.2, 0.25) is 0 Å². The second-order valence-electron chi connectivity index (χ2n) is 13.0. The maximum Gasteiger partial charge on any atom is 0.0462 e. The van der Waals surface area contributed by atoms with Crippen molar-refractivity contribution >= 4 is 53.5 Å². The minimum Gasteiger partial charge on any atom is -0.311 e. The van der Waals surface area contributed by atoms with E-state index in [0.29, 0.717) is 0 Å². The van der Waals surface area contributed by atoms with Gasteiger partial charge >= 0.3 is 0 Å². The van der Waals surface area contributed by atoms with Crippen LogP contribution in [0.5, 0.6) is 0 Å². The average Bonchev–Trinajstić information content (AvgIpc) is 3.18. The molecule has 0 radical (unpaired) electrons. The summed E-state index contributed by atoms with van der Waals surface area (Å²) in [5.41, 5.74) is 14.1. The molecule has 0 aromatic heterocycles. The summed E-state index contributed by atoms with van der Waals surface area (Å²) in [5, 5.41) is 0. The van der Waals surface area contributed by atoms with Crippen LogP contribution in [0.3, 0.4) is 0 Å². The molecule has 1 heteroatoms. The van der Waals surface area contributed by atoms with Gasteiger partial charge in [0.15, 0.2) is 0 Å². The van der Waals surface area contributed by atoms with Crippen molar-refractivity contribution in [3.05, 3.63) is 232 Å². The van der Waals surface area contributed by atoms with Crippen LogP contribution in [0.4, 0.5) is 17.1 Å². The molecule has 0 bridgehead atoms. The first-order chi connectivity index (χ1) is 25.5. The predicted molar refractivity (Wildman–Crippen MR) is 229 cm³/mol. The van der Waals surface area contributed by atoms with E-state index in [1.54, 1.807) is 0 Å². The molecule has 6 aromatic rings. The highest BCUT2D eigenvalue weighted by Crippen LogP contribution is 2.35. The van der Waals surface area contributed by atoms with Crippen molar-refractivity contribution in [2.45, 2.75) is 20.8 Å². The standard InChI is InChI=1S/C51H45N/c1-40-16-22-43(23-17-40)10-4-7-13-46-28-34-49(35-29-46)52(50-36-30-47(31-37-50)14-8-5-11-44-24-18-41(2)19-25-44)51-38-32-48(33-39-51)15-9-6-12-45-26-20-42(3)21-27-45/h4-39H,1-3H3/b10-4+,11-5+,12-6+,13-7+,14-8+,15-9+. The molecular formula is C51H45N. The predicted octanol–water partition coefficient (Wildman–Crippen LogP) is 14.3. The Bertz CT molecular complexity index is 1930. The number of anilines is 3. The molecule has 1 nitrogen and oxygen atoms in total. The van der Waals surface area contributed by atoms with Crippen LogP contribution in [0.25, 0.3) is 36.5 Å². The number of aryl methyl sites for hydroxylation is 3. The number of rotatable bonds is 12. The third-order valence-electron chi connectivity index (χ3n) is 8.75. The van der Waals surface area contributed by atoms with Crippen LogP contribution >= 0.6 is 0 Å². The van der Waals surface area contributed by atoms with Gasteiger partial charge in [0.05, 0.1) is 0 Å². The zero-order valence-electron chi connectivity index (χ0n) is 30.2. The van der Waals surface area contributed by atoms with Crippen LogP contribution in [-0.2, 0) is 0 Å². The molecule has 0 unspecified atom stereocenters. The van der Waals surface area contributed by atoms with Gasteiger partial charge < -0.3 is 4.90 Å². The molecule has 0 N–H and O–H groups in total. The number of hydrogen-bond acceptors (Lipinski definition) is 1. The highest BCUT2D eigenvalue weighted by molar-refractivity contribution is 5.78. The summed E-state index contributed by atoms with van der Waals surface area (Å²) in [4.78, 5) is 2.31. The molecule has 0 heterocycles. The third-order valence-corrected chi connectivity index (χ3v) is 8.75. The van der Waals surface area contributed by atoms with Crippen molar-refractivity contribution in [2.24, 2.45) is 0 Å². The summed E-state index contributed by atoms with van der Waals surface area (Å²) in [6, 6.07) is 51.9. The SMILES string of the molecule is Cc1ccc(/C=C/C=C/c2ccc(N(c3ccc(/C=C/C=C/c4ccc(C)cc4)cc3)c3ccc(/C=C/C=C/c4ccc(C)cc4)cc3)cc2)cc1. The molecule has 0 aliphatic heterocycles. The lowest BCUT2D eigenvalue weighted by atomic mass is 10.1. The number of allylic oxidation sites excluding steroid dienone is 6. The number of benzene rings is 6. The average molecular weight is 672 g/mol. The zero-order chi connectivity index (χ0) is 36.0. The molecule has 6 rings (SSSR count). The summed E-state index contributed by atoms with van der Waals surface area (Å²) in [7, 11) is 0. The van der Waals surface area contributed by atoms with Crippen molar-refractivity contribution in [2.75, 3.05) is 4.90 Å². The largest absolute Gasteiger partial charge is 0.311 e. The lowest BCUT2D eigenvalue weighted by Gasteiger charge is -2.26. The first kappa shape index (κ1) is 35.4. The molecular weight excluding hydrogens is 627 g/mol. The zero-order valence-corrected chi connectivity index (χ0v) is 30.2. The molecule has 6 aromatic carbocycles. The van der Waals surface area contributed by atoms with Crippen molar-refractivity contribution in [1.29, 1.82) is 0 Å². The van der Waals surface area contributed by atoms with Crippen molar-refractivity contribution in [3.8, 4) is 0 Å². The van der Waals surface area contributed by atoms with E-state index in [0.717, 1.165) is 33.8 Å². The van der Waals surface area contributed by atoms with E-state index in [9.17, 15) is 0 Å². The Balaban J connectivity index is 1.19. The Kier molecular flexibility index (Phi) is 12.2. The van der Waals surface area contributed by atoms with Gasteiger partial charge in [0, 0.05) is 17.1 Å². The first-order valence-corrected chi connectivity index (χ1v) is 17.8. The van der Waals surface area contributed by atoms with Crippen molar-refractivity contribution in [3.63, 3.8) is 0 Å². The van der Waals surface area contributed by atoms with Gasteiger partial charge in [-0.15, -0.1) is 0 Å². The van der Waals surface area contributed by atoms with E-state index in [4.69, 9.17) is 0 Å². The van der Waals surface area contributed by atoms with E-state index in [-0.39, 0.29) is 0 Å². The highest BCUT2D eigenvalue weighted by atomic mass is 15.1. The van der Waals surface area contributed by atoms with Crippen LogP contribution in [0.15, 0.2) is 182 Å². The molecule has 0 fully saturated rings. The second-order valence-corrected chi connectivity index (χ2v) is 13.0. The summed E-state index contributed by atoms with van der Waals surface area (Å²) in [6.07, 6.45) is 25.4. The monoisotopic (exact) mass is 671 g/mol. The minimum atomic E-state index is 1.10. The van der Waals surface area contributed by atoms with Crippen LogP contribution < -0.4 is 4.90 Å². The molecule has 0 spiro atoms. The number of nitrogens with zero attached hydrogens (tertiary/aromatic N) is 1. The van der Waals surface area contributed by atoms with Gasteiger partial charge in [-0.1, -0.05) is 199 Å². The maximum absolute atomic E-state index is 2.31. The van der Waals surface area contributed by atoms with Crippen LogP contribution in [0.1, 0.15) is 50.1 Å². The summed E-state index contributed by atoms with van der Waals surface area (Å²) in [6.45, 7) is 6.33. The van der Waals surface area contributed by atoms with E-state index in [1.165, 1.54) is 33.4 Å². The molecule has 0 saturated carbocycles. The van der Waals surface area contributed by atoms with Gasteiger partial charge in [0.25, 0.3) is 0 Å². The number of hydrogen-bond donors (Lipinski definition) is 0. The molecule has 0 saturated heterocycles. The molecule has 0 aliphatic rings. The molecule has 0 atom stereocenters. The van der Waals surface area contributed by atoms with Crippen LogP contribution in [0, 0.1) is 20.8 Å². The summed E-state index contributed by atoms with van der Waals surface area (Å²) in [5.74, 6) is 0. The Morgan fingerprint density at radius 2 is 0.423 bits per heavy atom. The Morgan fingerprint density at radius 3 is 0.615 bits per heavy atom. The third kappa shape index (κ3) is 10.5. The lowest BCUT2D eigenvalue weighted by Crippen LogP contribution is -2.09. The van der Waals surface area contributed by atoms with Gasteiger partial charge in [0.1, 0.15) is 0 Å². The van der Waals surface area contributed by atoms with E-state index >= 15 is 0 Å².